The summed E-state index contributed by atoms with van der Waals surface area (Å²) in [5.74, 6) is 0. The van der Waals surface area contributed by atoms with Gasteiger partial charge in [-0.15, -0.1) is 0 Å². The first-order chi connectivity index (χ1) is 6.92. The second-order valence-electron chi connectivity index (χ2n) is 3.21. The van der Waals surface area contributed by atoms with Crippen molar-refractivity contribution in [2.75, 3.05) is 31.2 Å². The van der Waals surface area contributed by atoms with Crippen molar-refractivity contribution in [3.05, 3.63) is 30.6 Å². The third-order valence-electron chi connectivity index (χ3n) is 2.36. The molecular weight excluding hydrogens is 176 g/mol. The fraction of sp³-hybridized carbons (Fsp3) is 0.364. The Morgan fingerprint density at radius 3 is 2.93 bits per heavy atom. The van der Waals surface area contributed by atoms with Crippen molar-refractivity contribution in [1.29, 1.82) is 0 Å². The summed E-state index contributed by atoms with van der Waals surface area (Å²) in [7, 11) is 0. The Labute approximate surface area is 84.0 Å². The molecule has 0 spiro atoms. The van der Waals surface area contributed by atoms with E-state index in [1.54, 1.807) is 12.3 Å². The van der Waals surface area contributed by atoms with E-state index in [4.69, 9.17) is 4.74 Å². The van der Waals surface area contributed by atoms with E-state index in [1.807, 2.05) is 6.07 Å². The molecule has 3 nitrogen and oxygen atoms in total. The van der Waals surface area contributed by atoms with Crippen LogP contribution in [0.5, 0.6) is 0 Å². The van der Waals surface area contributed by atoms with E-state index in [0.717, 1.165) is 37.7 Å². The average Bonchev–Trinajstić information content (AvgIpc) is 2.30. The van der Waals surface area contributed by atoms with Gasteiger partial charge in [-0.25, -0.2) is 0 Å². The largest absolute Gasteiger partial charge is 0.378 e. The molecule has 2 rings (SSSR count). The highest BCUT2D eigenvalue weighted by atomic mass is 16.5. The molecule has 0 unspecified atom stereocenters. The number of pyridine rings is 1. The third kappa shape index (κ3) is 1.77. The zero-order valence-corrected chi connectivity index (χ0v) is 8.15. The molecule has 74 valence electrons. The Hall–Kier alpha value is -1.35. The van der Waals surface area contributed by atoms with Crippen LogP contribution in [-0.4, -0.2) is 31.3 Å². The lowest BCUT2D eigenvalue weighted by Gasteiger charge is -2.29. The SMILES string of the molecule is C=Cc1ncccc1N1CCOCC1. The molecule has 1 aliphatic rings. The van der Waals surface area contributed by atoms with Crippen LogP contribution in [0.4, 0.5) is 5.69 Å². The second-order valence-corrected chi connectivity index (χ2v) is 3.21. The number of hydrogen-bond acceptors (Lipinski definition) is 3. The highest BCUT2D eigenvalue weighted by molar-refractivity contribution is 5.63. The summed E-state index contributed by atoms with van der Waals surface area (Å²) in [6.07, 6.45) is 3.59. The van der Waals surface area contributed by atoms with Gasteiger partial charge in [0, 0.05) is 19.3 Å². The fourth-order valence-electron chi connectivity index (χ4n) is 1.64. The molecule has 1 aromatic heterocycles. The number of aromatic nitrogens is 1. The summed E-state index contributed by atoms with van der Waals surface area (Å²) in [5, 5.41) is 0. The quantitative estimate of drug-likeness (QED) is 0.707. The molecule has 0 bridgehead atoms. The molecule has 14 heavy (non-hydrogen) atoms. The Kier molecular flexibility index (Phi) is 2.79. The van der Waals surface area contributed by atoms with Crippen molar-refractivity contribution >= 4 is 11.8 Å². The van der Waals surface area contributed by atoms with Gasteiger partial charge in [0.2, 0.25) is 0 Å². The van der Waals surface area contributed by atoms with Gasteiger partial charge < -0.3 is 9.64 Å². The molecule has 0 atom stereocenters. The molecule has 0 N–H and O–H groups in total. The van der Waals surface area contributed by atoms with E-state index in [9.17, 15) is 0 Å². The summed E-state index contributed by atoms with van der Waals surface area (Å²) in [5.41, 5.74) is 2.11. The smallest absolute Gasteiger partial charge is 0.0857 e. The van der Waals surface area contributed by atoms with Crippen LogP contribution in [0.25, 0.3) is 6.08 Å². The number of hydrogen-bond donors (Lipinski definition) is 0. The lowest BCUT2D eigenvalue weighted by atomic mass is 10.2. The van der Waals surface area contributed by atoms with Crippen LogP contribution in [0.3, 0.4) is 0 Å². The molecule has 0 saturated carbocycles. The van der Waals surface area contributed by atoms with Gasteiger partial charge >= 0.3 is 0 Å². The predicted molar refractivity (Wildman–Crippen MR) is 57.4 cm³/mol. The lowest BCUT2D eigenvalue weighted by Crippen LogP contribution is -2.36. The minimum Gasteiger partial charge on any atom is -0.378 e. The number of ether oxygens (including phenoxy) is 1. The standard InChI is InChI=1S/C11H14N2O/c1-2-10-11(4-3-5-12-10)13-6-8-14-9-7-13/h2-5H,1,6-9H2. The van der Waals surface area contributed by atoms with Crippen molar-refractivity contribution in [3.8, 4) is 0 Å². The molecule has 1 fully saturated rings. The van der Waals surface area contributed by atoms with Crippen molar-refractivity contribution in [2.45, 2.75) is 0 Å². The number of anilines is 1. The first-order valence-electron chi connectivity index (χ1n) is 4.82. The molecule has 0 radical (unpaired) electrons. The highest BCUT2D eigenvalue weighted by Gasteiger charge is 2.13. The van der Waals surface area contributed by atoms with Gasteiger partial charge in [-0.05, 0) is 18.2 Å². The predicted octanol–water partition coefficient (Wildman–Crippen LogP) is 1.56. The molecule has 0 aliphatic carbocycles. The van der Waals surface area contributed by atoms with Crippen molar-refractivity contribution in [1.82, 2.24) is 4.98 Å². The number of nitrogens with zero attached hydrogens (tertiary/aromatic N) is 2. The summed E-state index contributed by atoms with van der Waals surface area (Å²) >= 11 is 0. The number of rotatable bonds is 2. The Morgan fingerprint density at radius 2 is 2.21 bits per heavy atom. The van der Waals surface area contributed by atoms with Crippen LogP contribution in [0, 0.1) is 0 Å². The third-order valence-corrected chi connectivity index (χ3v) is 2.36. The van der Waals surface area contributed by atoms with Crippen molar-refractivity contribution in [3.63, 3.8) is 0 Å². The lowest BCUT2D eigenvalue weighted by molar-refractivity contribution is 0.122. The minimum atomic E-state index is 0.797. The molecule has 0 amide bonds. The highest BCUT2D eigenvalue weighted by Crippen LogP contribution is 2.19. The van der Waals surface area contributed by atoms with E-state index in [0.29, 0.717) is 0 Å². The molecule has 2 heterocycles. The van der Waals surface area contributed by atoms with Crippen LogP contribution >= 0.6 is 0 Å². The van der Waals surface area contributed by atoms with E-state index >= 15 is 0 Å². The summed E-state index contributed by atoms with van der Waals surface area (Å²) in [6.45, 7) is 7.23. The van der Waals surface area contributed by atoms with Crippen LogP contribution in [0.1, 0.15) is 5.69 Å². The first-order valence-corrected chi connectivity index (χ1v) is 4.82. The molecule has 1 aromatic rings. The minimum absolute atomic E-state index is 0.797. The maximum absolute atomic E-state index is 5.31. The van der Waals surface area contributed by atoms with Crippen LogP contribution in [-0.2, 0) is 4.74 Å². The summed E-state index contributed by atoms with van der Waals surface area (Å²) < 4.78 is 5.31. The van der Waals surface area contributed by atoms with Gasteiger partial charge in [0.05, 0.1) is 24.6 Å². The number of morpholine rings is 1. The molecular formula is C11H14N2O. The van der Waals surface area contributed by atoms with E-state index in [1.165, 1.54) is 0 Å². The van der Waals surface area contributed by atoms with Gasteiger partial charge in [0.15, 0.2) is 0 Å². The Bertz CT molecular complexity index is 319. The Balaban J connectivity index is 2.24. The summed E-state index contributed by atoms with van der Waals surface area (Å²) in [6, 6.07) is 4.03. The molecule has 1 aliphatic heterocycles. The second kappa shape index (κ2) is 4.24. The van der Waals surface area contributed by atoms with Gasteiger partial charge in [-0.2, -0.15) is 0 Å². The van der Waals surface area contributed by atoms with E-state index in [2.05, 4.69) is 22.5 Å². The molecule has 0 aromatic carbocycles. The zero-order chi connectivity index (χ0) is 9.80. The fourth-order valence-corrected chi connectivity index (χ4v) is 1.64. The summed E-state index contributed by atoms with van der Waals surface area (Å²) in [4.78, 5) is 6.56. The van der Waals surface area contributed by atoms with Crippen LogP contribution < -0.4 is 4.90 Å². The van der Waals surface area contributed by atoms with Crippen molar-refractivity contribution < 1.29 is 4.74 Å². The van der Waals surface area contributed by atoms with Gasteiger partial charge in [0.25, 0.3) is 0 Å². The van der Waals surface area contributed by atoms with Gasteiger partial charge in [0.1, 0.15) is 0 Å². The van der Waals surface area contributed by atoms with Crippen LogP contribution in [0.2, 0.25) is 0 Å². The maximum atomic E-state index is 5.31. The normalized spacial score (nSPS) is 16.7. The van der Waals surface area contributed by atoms with Crippen molar-refractivity contribution in [2.24, 2.45) is 0 Å². The maximum Gasteiger partial charge on any atom is 0.0857 e. The topological polar surface area (TPSA) is 25.4 Å². The monoisotopic (exact) mass is 190 g/mol. The molecule has 3 heteroatoms. The molecule has 1 saturated heterocycles. The van der Waals surface area contributed by atoms with Gasteiger partial charge in [-0.1, -0.05) is 6.58 Å². The van der Waals surface area contributed by atoms with E-state index < -0.39 is 0 Å². The first kappa shape index (κ1) is 9.21. The Morgan fingerprint density at radius 1 is 1.43 bits per heavy atom. The van der Waals surface area contributed by atoms with Gasteiger partial charge in [-0.3, -0.25) is 4.98 Å². The average molecular weight is 190 g/mol. The van der Waals surface area contributed by atoms with Crippen LogP contribution in [0.15, 0.2) is 24.9 Å². The zero-order valence-electron chi connectivity index (χ0n) is 8.15. The van der Waals surface area contributed by atoms with E-state index in [-0.39, 0.29) is 0 Å².